The van der Waals surface area contributed by atoms with Crippen LogP contribution in [-0.2, 0) is 4.79 Å². The molecule has 0 amide bonds. The lowest BCUT2D eigenvalue weighted by molar-refractivity contribution is -0.116. The lowest BCUT2D eigenvalue weighted by Crippen LogP contribution is -2.26. The highest BCUT2D eigenvalue weighted by Crippen LogP contribution is 2.45. The van der Waals surface area contributed by atoms with Crippen molar-refractivity contribution in [3.05, 3.63) is 89.1 Å². The molecule has 1 heterocycles. The molecular formula is C29H30N2O4. The molecule has 1 aliphatic carbocycles. The minimum Gasteiger partial charge on any atom is -0.497 e. The van der Waals surface area contributed by atoms with Crippen molar-refractivity contribution in [2.24, 2.45) is 0 Å². The minimum atomic E-state index is -0.278. The van der Waals surface area contributed by atoms with Gasteiger partial charge in [0.2, 0.25) is 0 Å². The Kier molecular flexibility index (Phi) is 6.36. The number of hydrogen-bond acceptors (Lipinski definition) is 6. The molecule has 6 nitrogen and oxygen atoms in total. The number of allylic oxidation sites excluding steroid dienone is 1. The van der Waals surface area contributed by atoms with E-state index in [-0.39, 0.29) is 17.7 Å². The summed E-state index contributed by atoms with van der Waals surface area (Å²) in [5, 5.41) is 7.21. The van der Waals surface area contributed by atoms with Crippen molar-refractivity contribution >= 4 is 17.2 Å². The van der Waals surface area contributed by atoms with E-state index in [0.717, 1.165) is 39.5 Å². The maximum atomic E-state index is 13.8. The fourth-order valence-corrected chi connectivity index (χ4v) is 5.01. The van der Waals surface area contributed by atoms with E-state index in [2.05, 4.69) is 10.6 Å². The van der Waals surface area contributed by atoms with Gasteiger partial charge in [-0.25, -0.2) is 0 Å². The zero-order valence-electron chi connectivity index (χ0n) is 20.3. The standard InChI is InChI=1S/C29H30N2O4/c1-4-35-26-13-12-18(17-27(26)34-3)20-15-24-28(25(32)16-20)29(19-8-7-9-21(14-19)33-2)31-23-11-6-5-10-22(23)30-24/h5-14,17,20,29-31H,4,15-16H2,1-3H3/t20-,29-/m1/s1. The van der Waals surface area contributed by atoms with E-state index in [1.165, 1.54) is 0 Å². The van der Waals surface area contributed by atoms with E-state index < -0.39 is 0 Å². The number of rotatable bonds is 6. The van der Waals surface area contributed by atoms with E-state index in [0.29, 0.717) is 30.9 Å². The summed E-state index contributed by atoms with van der Waals surface area (Å²) in [6.07, 6.45) is 1.14. The maximum Gasteiger partial charge on any atom is 0.163 e. The lowest BCUT2D eigenvalue weighted by atomic mass is 9.78. The van der Waals surface area contributed by atoms with Gasteiger partial charge in [-0.2, -0.15) is 0 Å². The zero-order chi connectivity index (χ0) is 24.4. The Hall–Kier alpha value is -3.93. The molecule has 2 aliphatic rings. The molecule has 0 saturated heterocycles. The number of fused-ring (bicyclic) bond motifs is 1. The highest BCUT2D eigenvalue weighted by molar-refractivity contribution is 6.01. The molecule has 0 bridgehead atoms. The first-order valence-electron chi connectivity index (χ1n) is 11.9. The summed E-state index contributed by atoms with van der Waals surface area (Å²) in [5.74, 6) is 2.33. The van der Waals surface area contributed by atoms with Gasteiger partial charge in [0.15, 0.2) is 17.3 Å². The molecule has 0 fully saturated rings. The molecule has 0 saturated carbocycles. The molecule has 1 aliphatic heterocycles. The molecule has 2 N–H and O–H groups in total. The summed E-state index contributed by atoms with van der Waals surface area (Å²) in [4.78, 5) is 13.8. The summed E-state index contributed by atoms with van der Waals surface area (Å²) in [7, 11) is 3.30. The molecular weight excluding hydrogens is 440 g/mol. The Balaban J connectivity index is 1.56. The quantitative estimate of drug-likeness (QED) is 0.455. The van der Waals surface area contributed by atoms with Crippen LogP contribution in [0.3, 0.4) is 0 Å². The fourth-order valence-electron chi connectivity index (χ4n) is 5.01. The lowest BCUT2D eigenvalue weighted by Gasteiger charge is -2.30. The topological polar surface area (TPSA) is 68.8 Å². The van der Waals surface area contributed by atoms with Crippen LogP contribution in [0, 0.1) is 0 Å². The van der Waals surface area contributed by atoms with Crippen LogP contribution in [0.1, 0.15) is 42.9 Å². The summed E-state index contributed by atoms with van der Waals surface area (Å²) in [5.41, 5.74) is 5.71. The van der Waals surface area contributed by atoms with Crippen LogP contribution >= 0.6 is 0 Å². The van der Waals surface area contributed by atoms with Gasteiger partial charge in [-0.05, 0) is 66.8 Å². The Morgan fingerprint density at radius 1 is 0.857 bits per heavy atom. The van der Waals surface area contributed by atoms with E-state index in [4.69, 9.17) is 14.2 Å². The van der Waals surface area contributed by atoms with Gasteiger partial charge in [-0.3, -0.25) is 4.79 Å². The molecule has 3 aromatic rings. The smallest absolute Gasteiger partial charge is 0.163 e. The number of nitrogens with one attached hydrogen (secondary N) is 2. The first kappa shape index (κ1) is 22.8. The van der Waals surface area contributed by atoms with Gasteiger partial charge >= 0.3 is 0 Å². The Labute approximate surface area is 205 Å². The number of carbonyl (C=O) groups is 1. The molecule has 0 radical (unpaired) electrons. The Bertz CT molecular complexity index is 1280. The van der Waals surface area contributed by atoms with Crippen molar-refractivity contribution in [2.45, 2.75) is 31.7 Å². The second kappa shape index (κ2) is 9.74. The van der Waals surface area contributed by atoms with Crippen molar-refractivity contribution in [1.29, 1.82) is 0 Å². The van der Waals surface area contributed by atoms with Crippen LogP contribution in [0.25, 0.3) is 0 Å². The number of hydrogen-bond donors (Lipinski definition) is 2. The van der Waals surface area contributed by atoms with Crippen molar-refractivity contribution in [1.82, 2.24) is 0 Å². The van der Waals surface area contributed by atoms with Crippen LogP contribution < -0.4 is 24.8 Å². The monoisotopic (exact) mass is 470 g/mol. The van der Waals surface area contributed by atoms with Crippen molar-refractivity contribution in [3.63, 3.8) is 0 Å². The number of ketones is 1. The largest absolute Gasteiger partial charge is 0.497 e. The van der Waals surface area contributed by atoms with E-state index >= 15 is 0 Å². The molecule has 0 spiro atoms. The van der Waals surface area contributed by atoms with Crippen molar-refractivity contribution < 1.29 is 19.0 Å². The van der Waals surface area contributed by atoms with Crippen molar-refractivity contribution in [2.75, 3.05) is 31.5 Å². The predicted molar refractivity (Wildman–Crippen MR) is 138 cm³/mol. The number of carbonyl (C=O) groups excluding carboxylic acids is 1. The normalized spacial score (nSPS) is 19.0. The predicted octanol–water partition coefficient (Wildman–Crippen LogP) is 6.08. The van der Waals surface area contributed by atoms with Crippen LogP contribution in [0.15, 0.2) is 78.0 Å². The van der Waals surface area contributed by atoms with Crippen LogP contribution in [0.5, 0.6) is 17.2 Å². The van der Waals surface area contributed by atoms with Gasteiger partial charge in [0.25, 0.3) is 0 Å². The second-order valence-electron chi connectivity index (χ2n) is 8.79. The first-order chi connectivity index (χ1) is 17.1. The summed E-state index contributed by atoms with van der Waals surface area (Å²) in [6, 6.07) is 21.7. The molecule has 0 aromatic heterocycles. The summed E-state index contributed by atoms with van der Waals surface area (Å²) < 4.78 is 16.7. The molecule has 6 heteroatoms. The van der Waals surface area contributed by atoms with E-state index in [9.17, 15) is 4.79 Å². The number of ether oxygens (including phenoxy) is 3. The highest BCUT2D eigenvalue weighted by Gasteiger charge is 2.36. The summed E-state index contributed by atoms with van der Waals surface area (Å²) in [6.45, 7) is 2.51. The Morgan fingerprint density at radius 3 is 2.46 bits per heavy atom. The van der Waals surface area contributed by atoms with Crippen LogP contribution in [0.4, 0.5) is 11.4 Å². The van der Waals surface area contributed by atoms with Gasteiger partial charge in [-0.15, -0.1) is 0 Å². The SMILES string of the molecule is CCOc1ccc([C@H]2CC(=O)C3=C(C2)Nc2ccccc2N[C@@H]3c2cccc(OC)c2)cc1OC. The number of para-hydroxylation sites is 2. The van der Waals surface area contributed by atoms with E-state index in [1.807, 2.05) is 73.7 Å². The molecule has 180 valence electrons. The third-order valence-electron chi connectivity index (χ3n) is 6.70. The number of anilines is 2. The average molecular weight is 471 g/mol. The van der Waals surface area contributed by atoms with Gasteiger partial charge in [0.05, 0.1) is 38.2 Å². The minimum absolute atomic E-state index is 0.0366. The maximum absolute atomic E-state index is 13.8. The number of methoxy groups -OCH3 is 2. The number of benzene rings is 3. The second-order valence-corrected chi connectivity index (χ2v) is 8.79. The Morgan fingerprint density at radius 2 is 1.69 bits per heavy atom. The van der Waals surface area contributed by atoms with Gasteiger partial charge in [0.1, 0.15) is 5.75 Å². The van der Waals surface area contributed by atoms with Gasteiger partial charge in [0, 0.05) is 17.7 Å². The zero-order valence-corrected chi connectivity index (χ0v) is 20.3. The van der Waals surface area contributed by atoms with Crippen LogP contribution in [0.2, 0.25) is 0 Å². The molecule has 5 rings (SSSR count). The number of Topliss-reactive ketones (excluding diaryl/α,β-unsaturated/α-hetero) is 1. The molecule has 35 heavy (non-hydrogen) atoms. The fraction of sp³-hybridized carbons (Fsp3) is 0.276. The molecule has 3 aromatic carbocycles. The van der Waals surface area contributed by atoms with Crippen LogP contribution in [-0.4, -0.2) is 26.6 Å². The van der Waals surface area contributed by atoms with E-state index in [1.54, 1.807) is 14.2 Å². The first-order valence-corrected chi connectivity index (χ1v) is 11.9. The van der Waals surface area contributed by atoms with Gasteiger partial charge in [-0.1, -0.05) is 30.3 Å². The highest BCUT2D eigenvalue weighted by atomic mass is 16.5. The molecule has 0 unspecified atom stereocenters. The molecule has 2 atom stereocenters. The van der Waals surface area contributed by atoms with Crippen molar-refractivity contribution in [3.8, 4) is 17.2 Å². The third kappa shape index (κ3) is 4.44. The third-order valence-corrected chi connectivity index (χ3v) is 6.70. The van der Waals surface area contributed by atoms with Gasteiger partial charge < -0.3 is 24.8 Å². The summed E-state index contributed by atoms with van der Waals surface area (Å²) >= 11 is 0. The average Bonchev–Trinajstić information content (AvgIpc) is 3.06.